The summed E-state index contributed by atoms with van der Waals surface area (Å²) in [5.41, 5.74) is 1.19. The molecule has 0 amide bonds. The molecule has 3 fully saturated rings. The van der Waals surface area contributed by atoms with Crippen LogP contribution < -0.4 is 0 Å². The largest absolute Gasteiger partial charge is 0.346 e. The van der Waals surface area contributed by atoms with Gasteiger partial charge in [-0.05, 0) is 35.3 Å². The van der Waals surface area contributed by atoms with Crippen LogP contribution in [-0.2, 0) is 32.6 Å². The van der Waals surface area contributed by atoms with E-state index in [0.29, 0.717) is 25.6 Å². The molecule has 0 radical (unpaired) electrons. The number of benzene rings is 2. The topological polar surface area (TPSA) is 55.8 Å². The molecule has 1 aliphatic heterocycles. The number of hydrogen-bond donors (Lipinski definition) is 0. The molecule has 202 valence electrons. The number of ether oxygens (including phenoxy) is 2. The number of fused-ring (bicyclic) bond motifs is 3. The van der Waals surface area contributed by atoms with E-state index in [1.54, 1.807) is 4.31 Å². The van der Waals surface area contributed by atoms with Crippen molar-refractivity contribution in [3.63, 3.8) is 0 Å². The number of nitrogens with zero attached hydrogens (tertiary/aromatic N) is 2. The number of quaternary nitrogens is 1. The minimum absolute atomic E-state index is 0.0283. The maximum Gasteiger partial charge on any atom is 0.215 e. The standard InChI is InChI=1S/C30H43N2O4S/c1-28(2)26-16-17-29(28,30(18-26)35-22-27(36-30)21-32(3,4)5)23-37(33,34)31(19-24-12-8-6-9-13-24)20-25-14-10-7-11-15-25/h6-15,26-27H,16-23H2,1-5H3/q+1/t26-,27-,29+,30+/m0/s1. The predicted octanol–water partition coefficient (Wildman–Crippen LogP) is 4.66. The average molecular weight is 528 g/mol. The van der Waals surface area contributed by atoms with E-state index in [9.17, 15) is 8.42 Å². The van der Waals surface area contributed by atoms with Crippen molar-refractivity contribution in [3.8, 4) is 0 Å². The van der Waals surface area contributed by atoms with Crippen LogP contribution in [0.4, 0.5) is 0 Å². The molecule has 2 aromatic rings. The van der Waals surface area contributed by atoms with Gasteiger partial charge in [0.1, 0.15) is 12.6 Å². The Balaban J connectivity index is 1.48. The zero-order valence-corrected chi connectivity index (χ0v) is 23.8. The first-order valence-corrected chi connectivity index (χ1v) is 15.1. The molecule has 3 aliphatic rings. The lowest BCUT2D eigenvalue weighted by atomic mass is 9.68. The molecule has 37 heavy (non-hydrogen) atoms. The quantitative estimate of drug-likeness (QED) is 0.445. The van der Waals surface area contributed by atoms with Gasteiger partial charge in [0, 0.05) is 24.9 Å². The molecule has 1 heterocycles. The number of sulfonamides is 1. The highest BCUT2D eigenvalue weighted by atomic mass is 32.2. The van der Waals surface area contributed by atoms with Gasteiger partial charge in [-0.15, -0.1) is 0 Å². The second-order valence-corrected chi connectivity index (χ2v) is 15.0. The molecule has 1 spiro atoms. The molecule has 0 aromatic heterocycles. The van der Waals surface area contributed by atoms with E-state index in [0.717, 1.165) is 41.4 Å². The van der Waals surface area contributed by atoms with Crippen molar-refractivity contribution < 1.29 is 22.4 Å². The van der Waals surface area contributed by atoms with Crippen LogP contribution in [0.15, 0.2) is 60.7 Å². The molecule has 2 aromatic carbocycles. The van der Waals surface area contributed by atoms with Crippen molar-refractivity contribution in [2.75, 3.05) is 40.0 Å². The number of hydrogen-bond acceptors (Lipinski definition) is 4. The normalized spacial score (nSPS) is 31.0. The Morgan fingerprint density at radius 2 is 1.51 bits per heavy atom. The van der Waals surface area contributed by atoms with Gasteiger partial charge in [-0.3, -0.25) is 0 Å². The molecular formula is C30H43N2O4S+. The second-order valence-electron chi connectivity index (χ2n) is 13.0. The van der Waals surface area contributed by atoms with Gasteiger partial charge in [-0.25, -0.2) is 8.42 Å². The highest BCUT2D eigenvalue weighted by Gasteiger charge is 2.76. The van der Waals surface area contributed by atoms with Crippen molar-refractivity contribution in [1.82, 2.24) is 4.31 Å². The third-order valence-electron chi connectivity index (χ3n) is 9.25. The molecule has 2 saturated carbocycles. The average Bonchev–Trinajstić information content (AvgIpc) is 3.38. The maximum absolute atomic E-state index is 14.4. The summed E-state index contributed by atoms with van der Waals surface area (Å²) < 4.78 is 44.7. The molecule has 0 unspecified atom stereocenters. The van der Waals surface area contributed by atoms with Crippen LogP contribution >= 0.6 is 0 Å². The van der Waals surface area contributed by atoms with Crippen molar-refractivity contribution >= 4 is 10.0 Å². The summed E-state index contributed by atoms with van der Waals surface area (Å²) in [6.07, 6.45) is 2.58. The van der Waals surface area contributed by atoms with Gasteiger partial charge in [-0.1, -0.05) is 74.5 Å². The minimum Gasteiger partial charge on any atom is -0.346 e. The first-order chi connectivity index (χ1) is 17.4. The summed E-state index contributed by atoms with van der Waals surface area (Å²) in [4.78, 5) is 0. The fourth-order valence-corrected chi connectivity index (χ4v) is 9.51. The Morgan fingerprint density at radius 1 is 0.946 bits per heavy atom. The van der Waals surface area contributed by atoms with Crippen LogP contribution in [0.2, 0.25) is 0 Å². The van der Waals surface area contributed by atoms with E-state index in [2.05, 4.69) is 35.0 Å². The molecule has 2 bridgehead atoms. The van der Waals surface area contributed by atoms with E-state index < -0.39 is 21.2 Å². The first kappa shape index (κ1) is 26.8. The van der Waals surface area contributed by atoms with Crippen LogP contribution in [0.1, 0.15) is 44.2 Å². The van der Waals surface area contributed by atoms with Crippen LogP contribution in [-0.4, -0.2) is 69.1 Å². The van der Waals surface area contributed by atoms with E-state index in [1.807, 2.05) is 60.7 Å². The number of rotatable bonds is 9. The zero-order chi connectivity index (χ0) is 26.5. The lowest BCUT2D eigenvalue weighted by molar-refractivity contribution is -0.873. The number of likely N-dealkylation sites (N-methyl/N-ethyl adjacent to an activating group) is 1. The van der Waals surface area contributed by atoms with Gasteiger partial charge in [-0.2, -0.15) is 4.31 Å². The molecule has 0 N–H and O–H groups in total. The van der Waals surface area contributed by atoms with Gasteiger partial charge < -0.3 is 14.0 Å². The molecule has 7 heteroatoms. The molecule has 2 aliphatic carbocycles. The third kappa shape index (κ3) is 4.89. The zero-order valence-electron chi connectivity index (χ0n) is 23.0. The van der Waals surface area contributed by atoms with E-state index in [4.69, 9.17) is 9.47 Å². The molecular weight excluding hydrogens is 484 g/mol. The molecule has 6 nitrogen and oxygen atoms in total. The predicted molar refractivity (Wildman–Crippen MR) is 146 cm³/mol. The van der Waals surface area contributed by atoms with Gasteiger partial charge in [0.15, 0.2) is 5.79 Å². The van der Waals surface area contributed by atoms with Gasteiger partial charge >= 0.3 is 0 Å². The summed E-state index contributed by atoms with van der Waals surface area (Å²) in [5, 5.41) is 0. The lowest BCUT2D eigenvalue weighted by Crippen LogP contribution is -2.56. The van der Waals surface area contributed by atoms with E-state index in [-0.39, 0.29) is 17.3 Å². The van der Waals surface area contributed by atoms with Crippen molar-refractivity contribution in [3.05, 3.63) is 71.8 Å². The smallest absolute Gasteiger partial charge is 0.215 e. The summed E-state index contributed by atoms with van der Waals surface area (Å²) in [6.45, 7) is 6.54. The van der Waals surface area contributed by atoms with Crippen molar-refractivity contribution in [2.45, 2.75) is 58.1 Å². The fourth-order valence-electron chi connectivity index (χ4n) is 7.27. The first-order valence-electron chi connectivity index (χ1n) is 13.5. The van der Waals surface area contributed by atoms with Gasteiger partial charge in [0.05, 0.1) is 33.5 Å². The van der Waals surface area contributed by atoms with E-state index >= 15 is 0 Å². The van der Waals surface area contributed by atoms with Crippen LogP contribution in [0.5, 0.6) is 0 Å². The van der Waals surface area contributed by atoms with Gasteiger partial charge in [0.25, 0.3) is 0 Å². The second kappa shape index (κ2) is 9.45. The molecule has 1 saturated heterocycles. The minimum atomic E-state index is -3.66. The summed E-state index contributed by atoms with van der Waals surface area (Å²) in [6, 6.07) is 19.8. The van der Waals surface area contributed by atoms with Crippen LogP contribution in [0.3, 0.4) is 0 Å². The molecule has 4 atom stereocenters. The summed E-state index contributed by atoms with van der Waals surface area (Å²) in [5.74, 6) is -0.403. The Bertz CT molecular complexity index is 1150. The SMILES string of the molecule is CC1(C)[C@H]2CC[C@]1(CS(=O)(=O)N(Cc1ccccc1)Cc1ccccc1)[C@]1(C2)OC[C@H](C[N+](C)(C)C)O1. The summed E-state index contributed by atoms with van der Waals surface area (Å²) in [7, 11) is 2.81. The highest BCUT2D eigenvalue weighted by molar-refractivity contribution is 7.89. The monoisotopic (exact) mass is 527 g/mol. The Hall–Kier alpha value is -1.77. The van der Waals surface area contributed by atoms with Crippen molar-refractivity contribution in [2.24, 2.45) is 16.7 Å². The highest BCUT2D eigenvalue weighted by Crippen LogP contribution is 2.72. The Morgan fingerprint density at radius 3 is 2.03 bits per heavy atom. The van der Waals surface area contributed by atoms with Crippen LogP contribution in [0, 0.1) is 16.7 Å². The summed E-state index contributed by atoms with van der Waals surface area (Å²) >= 11 is 0. The van der Waals surface area contributed by atoms with E-state index in [1.165, 1.54) is 0 Å². The Labute approximate surface area is 223 Å². The van der Waals surface area contributed by atoms with Crippen molar-refractivity contribution in [1.29, 1.82) is 0 Å². The van der Waals surface area contributed by atoms with Gasteiger partial charge in [0.2, 0.25) is 10.0 Å². The third-order valence-corrected chi connectivity index (χ3v) is 11.2. The maximum atomic E-state index is 14.4. The fraction of sp³-hybridized carbons (Fsp3) is 0.600. The lowest BCUT2D eigenvalue weighted by Gasteiger charge is -2.47. The van der Waals surface area contributed by atoms with Crippen LogP contribution in [0.25, 0.3) is 0 Å². The molecule has 5 rings (SSSR count). The Kier molecular flexibility index (Phi) is 6.85.